The topological polar surface area (TPSA) is 62.1 Å². The van der Waals surface area contributed by atoms with Gasteiger partial charge in [0.1, 0.15) is 11.7 Å². The van der Waals surface area contributed by atoms with Crippen molar-refractivity contribution in [3.05, 3.63) is 59.7 Å². The van der Waals surface area contributed by atoms with E-state index >= 15 is 0 Å². The zero-order valence-electron chi connectivity index (χ0n) is 12.7. The third-order valence-electron chi connectivity index (χ3n) is 3.49. The lowest BCUT2D eigenvalue weighted by atomic mass is 9.99. The van der Waals surface area contributed by atoms with Gasteiger partial charge in [0.15, 0.2) is 0 Å². The van der Waals surface area contributed by atoms with Crippen molar-refractivity contribution < 1.29 is 9.53 Å². The number of amides is 1. The van der Waals surface area contributed by atoms with Crippen molar-refractivity contribution in [1.82, 2.24) is 0 Å². The standard InChI is InChI=1S/C18H18N2O2/c1-13-7-3-5-9-16(13)20-18(21)15(12-19)11-14-8-4-6-10-17(14)22-2/h3-10,15H,11H2,1-2H3,(H,20,21)/t15-/m1/s1. The average Bonchev–Trinajstić information content (AvgIpc) is 2.55. The Bertz CT molecular complexity index is 704. The molecule has 2 aromatic rings. The number of ether oxygens (including phenoxy) is 1. The van der Waals surface area contributed by atoms with Crippen LogP contribution in [0.3, 0.4) is 0 Å². The summed E-state index contributed by atoms with van der Waals surface area (Å²) < 4.78 is 5.27. The zero-order chi connectivity index (χ0) is 15.9. The van der Waals surface area contributed by atoms with Gasteiger partial charge in [-0.05, 0) is 30.2 Å². The van der Waals surface area contributed by atoms with Crippen LogP contribution < -0.4 is 10.1 Å². The molecule has 2 rings (SSSR count). The lowest BCUT2D eigenvalue weighted by molar-refractivity contribution is -0.118. The molecule has 0 unspecified atom stereocenters. The number of rotatable bonds is 5. The van der Waals surface area contributed by atoms with Crippen LogP contribution >= 0.6 is 0 Å². The Morgan fingerprint density at radius 1 is 1.23 bits per heavy atom. The summed E-state index contributed by atoms with van der Waals surface area (Å²) >= 11 is 0. The number of nitrogens with zero attached hydrogens (tertiary/aromatic N) is 1. The minimum absolute atomic E-state index is 0.303. The van der Waals surface area contributed by atoms with E-state index < -0.39 is 5.92 Å². The highest BCUT2D eigenvalue weighted by atomic mass is 16.5. The summed E-state index contributed by atoms with van der Waals surface area (Å²) in [5.41, 5.74) is 2.54. The number of nitriles is 1. The molecule has 0 spiro atoms. The summed E-state index contributed by atoms with van der Waals surface area (Å²) in [7, 11) is 1.58. The van der Waals surface area contributed by atoms with E-state index in [-0.39, 0.29) is 5.91 Å². The minimum Gasteiger partial charge on any atom is -0.496 e. The normalized spacial score (nSPS) is 11.3. The summed E-state index contributed by atoms with van der Waals surface area (Å²) in [6, 6.07) is 17.0. The van der Waals surface area contributed by atoms with Crippen molar-refractivity contribution in [2.24, 2.45) is 5.92 Å². The van der Waals surface area contributed by atoms with Crippen molar-refractivity contribution in [2.45, 2.75) is 13.3 Å². The molecule has 0 saturated carbocycles. The molecule has 1 N–H and O–H groups in total. The summed E-state index contributed by atoms with van der Waals surface area (Å²) in [6.07, 6.45) is 0.318. The van der Waals surface area contributed by atoms with Gasteiger partial charge >= 0.3 is 0 Å². The molecule has 1 amide bonds. The highest BCUT2D eigenvalue weighted by Crippen LogP contribution is 2.22. The smallest absolute Gasteiger partial charge is 0.242 e. The molecule has 0 heterocycles. The van der Waals surface area contributed by atoms with Gasteiger partial charge < -0.3 is 10.1 Å². The van der Waals surface area contributed by atoms with E-state index in [0.29, 0.717) is 12.2 Å². The van der Waals surface area contributed by atoms with Crippen LogP contribution in [0.4, 0.5) is 5.69 Å². The molecule has 22 heavy (non-hydrogen) atoms. The van der Waals surface area contributed by atoms with Crippen molar-refractivity contribution >= 4 is 11.6 Å². The van der Waals surface area contributed by atoms with Gasteiger partial charge in [-0.1, -0.05) is 36.4 Å². The van der Waals surface area contributed by atoms with Crippen LogP contribution in [0.15, 0.2) is 48.5 Å². The van der Waals surface area contributed by atoms with Crippen LogP contribution in [-0.4, -0.2) is 13.0 Å². The highest BCUT2D eigenvalue weighted by molar-refractivity contribution is 5.95. The second-order valence-corrected chi connectivity index (χ2v) is 5.00. The van der Waals surface area contributed by atoms with Gasteiger partial charge in [0.2, 0.25) is 5.91 Å². The Kier molecular flexibility index (Phi) is 5.16. The number of carbonyl (C=O) groups is 1. The van der Waals surface area contributed by atoms with Gasteiger partial charge in [0.05, 0.1) is 13.2 Å². The maximum Gasteiger partial charge on any atom is 0.242 e. The van der Waals surface area contributed by atoms with Gasteiger partial charge in [0.25, 0.3) is 0 Å². The van der Waals surface area contributed by atoms with Gasteiger partial charge in [-0.2, -0.15) is 5.26 Å². The monoisotopic (exact) mass is 294 g/mol. The third kappa shape index (κ3) is 3.64. The minimum atomic E-state index is -0.768. The Balaban J connectivity index is 2.13. The average molecular weight is 294 g/mol. The fraction of sp³-hybridized carbons (Fsp3) is 0.222. The molecule has 1 atom stereocenters. The number of hydrogen-bond acceptors (Lipinski definition) is 3. The first-order valence-corrected chi connectivity index (χ1v) is 7.03. The van der Waals surface area contributed by atoms with E-state index in [1.54, 1.807) is 7.11 Å². The number of nitrogens with one attached hydrogen (secondary N) is 1. The van der Waals surface area contributed by atoms with Crippen LogP contribution in [0.1, 0.15) is 11.1 Å². The lowest BCUT2D eigenvalue weighted by Crippen LogP contribution is -2.24. The molecule has 4 heteroatoms. The van der Waals surface area contributed by atoms with E-state index in [4.69, 9.17) is 4.74 Å². The number of carbonyl (C=O) groups excluding carboxylic acids is 1. The number of hydrogen-bond donors (Lipinski definition) is 1. The summed E-state index contributed by atoms with van der Waals surface area (Å²) in [6.45, 7) is 1.91. The number of methoxy groups -OCH3 is 1. The predicted octanol–water partition coefficient (Wildman–Crippen LogP) is 3.32. The number of aryl methyl sites for hydroxylation is 1. The molecule has 0 aromatic heterocycles. The van der Waals surface area contributed by atoms with E-state index in [0.717, 1.165) is 16.8 Å². The Labute approximate surface area is 130 Å². The highest BCUT2D eigenvalue weighted by Gasteiger charge is 2.20. The summed E-state index contributed by atoms with van der Waals surface area (Å²) in [5, 5.41) is 12.1. The zero-order valence-corrected chi connectivity index (χ0v) is 12.7. The molecule has 112 valence electrons. The maximum absolute atomic E-state index is 12.3. The Hall–Kier alpha value is -2.80. The molecular formula is C18H18N2O2. The summed E-state index contributed by atoms with van der Waals surface area (Å²) in [5.74, 6) is -0.384. The van der Waals surface area contributed by atoms with Crippen LogP contribution in [0.5, 0.6) is 5.75 Å². The fourth-order valence-electron chi connectivity index (χ4n) is 2.22. The third-order valence-corrected chi connectivity index (χ3v) is 3.49. The van der Waals surface area contributed by atoms with Gasteiger partial charge in [-0.3, -0.25) is 4.79 Å². The first kappa shape index (κ1) is 15.6. The lowest BCUT2D eigenvalue weighted by Gasteiger charge is -2.13. The maximum atomic E-state index is 12.3. The Morgan fingerprint density at radius 2 is 1.91 bits per heavy atom. The van der Waals surface area contributed by atoms with Crippen molar-refractivity contribution in [3.63, 3.8) is 0 Å². The molecule has 0 radical (unpaired) electrons. The van der Waals surface area contributed by atoms with Crippen LogP contribution in [0.25, 0.3) is 0 Å². The van der Waals surface area contributed by atoms with Crippen LogP contribution in [-0.2, 0) is 11.2 Å². The summed E-state index contributed by atoms with van der Waals surface area (Å²) in [4.78, 5) is 12.3. The SMILES string of the molecule is COc1ccccc1C[C@H](C#N)C(=O)Nc1ccccc1C. The van der Waals surface area contributed by atoms with E-state index in [2.05, 4.69) is 11.4 Å². The first-order valence-electron chi connectivity index (χ1n) is 7.03. The molecule has 0 bridgehead atoms. The van der Waals surface area contributed by atoms with Crippen molar-refractivity contribution in [1.29, 1.82) is 5.26 Å². The van der Waals surface area contributed by atoms with E-state index in [9.17, 15) is 10.1 Å². The van der Waals surface area contributed by atoms with Crippen LogP contribution in [0, 0.1) is 24.2 Å². The molecule has 0 aliphatic rings. The fourth-order valence-corrected chi connectivity index (χ4v) is 2.22. The van der Waals surface area contributed by atoms with E-state index in [1.165, 1.54) is 0 Å². The number of para-hydroxylation sites is 2. The second-order valence-electron chi connectivity index (χ2n) is 5.00. The molecule has 0 aliphatic carbocycles. The second kappa shape index (κ2) is 7.28. The largest absolute Gasteiger partial charge is 0.496 e. The van der Waals surface area contributed by atoms with Crippen LogP contribution in [0.2, 0.25) is 0 Å². The molecule has 2 aromatic carbocycles. The van der Waals surface area contributed by atoms with Crippen molar-refractivity contribution in [3.8, 4) is 11.8 Å². The molecule has 0 aliphatic heterocycles. The van der Waals surface area contributed by atoms with Gasteiger partial charge in [-0.15, -0.1) is 0 Å². The predicted molar refractivity (Wildman–Crippen MR) is 85.6 cm³/mol. The van der Waals surface area contributed by atoms with Gasteiger partial charge in [0, 0.05) is 12.1 Å². The van der Waals surface area contributed by atoms with Crippen molar-refractivity contribution in [2.75, 3.05) is 12.4 Å². The number of anilines is 1. The molecule has 4 nitrogen and oxygen atoms in total. The Morgan fingerprint density at radius 3 is 2.59 bits per heavy atom. The van der Waals surface area contributed by atoms with Gasteiger partial charge in [-0.25, -0.2) is 0 Å². The first-order chi connectivity index (χ1) is 10.7. The number of benzene rings is 2. The quantitative estimate of drug-likeness (QED) is 0.920. The molecular weight excluding hydrogens is 276 g/mol. The van der Waals surface area contributed by atoms with E-state index in [1.807, 2.05) is 55.5 Å². The molecule has 0 saturated heterocycles. The molecule has 0 fully saturated rings.